The van der Waals surface area contributed by atoms with Crippen LogP contribution in [0.1, 0.15) is 25.8 Å². The zero-order valence-corrected chi connectivity index (χ0v) is 18.8. The number of nitrogens with zero attached hydrogens (tertiary/aromatic N) is 6. The van der Waals surface area contributed by atoms with Crippen molar-refractivity contribution in [3.05, 3.63) is 29.8 Å². The van der Waals surface area contributed by atoms with Gasteiger partial charge < -0.3 is 19.7 Å². The number of aromatic nitrogens is 5. The Bertz CT molecular complexity index is 1170. The van der Waals surface area contributed by atoms with Gasteiger partial charge in [0.1, 0.15) is 5.75 Å². The summed E-state index contributed by atoms with van der Waals surface area (Å²) in [5.74, 6) is 0.841. The van der Waals surface area contributed by atoms with Gasteiger partial charge in [0.05, 0.1) is 13.7 Å². The Kier molecular flexibility index (Phi) is 6.44. The number of hydrogen-bond acceptors (Lipinski definition) is 8. The van der Waals surface area contributed by atoms with Crippen LogP contribution in [0.15, 0.2) is 24.3 Å². The first-order valence-corrected chi connectivity index (χ1v) is 10.6. The standard InChI is InChI=1S/C21H24F3N7O3/c1-12(21(22,23)24)34-20-26-18(30-9-8-15(11-30)25-13(2)32)17-19(27-20)31(29-28-17)10-14-4-6-16(33-3)7-5-14/h4-7,12,15H,8-11H2,1-3H3,(H,25,32)/t12-,15-/m0/s1. The van der Waals surface area contributed by atoms with Crippen LogP contribution < -0.4 is 19.7 Å². The highest BCUT2D eigenvalue weighted by molar-refractivity contribution is 5.83. The molecule has 4 rings (SSSR count). The minimum Gasteiger partial charge on any atom is -0.497 e. The van der Waals surface area contributed by atoms with Crippen LogP contribution in [-0.4, -0.2) is 69.4 Å². The van der Waals surface area contributed by atoms with Crippen LogP contribution >= 0.6 is 0 Å². The van der Waals surface area contributed by atoms with E-state index in [-0.39, 0.29) is 24.1 Å². The zero-order valence-electron chi connectivity index (χ0n) is 18.8. The second kappa shape index (κ2) is 9.31. The monoisotopic (exact) mass is 479 g/mol. The van der Waals surface area contributed by atoms with Crippen LogP contribution in [0.4, 0.5) is 19.0 Å². The Morgan fingerprint density at radius 3 is 2.65 bits per heavy atom. The van der Waals surface area contributed by atoms with Gasteiger partial charge in [0.25, 0.3) is 0 Å². The molecule has 13 heteroatoms. The molecule has 3 heterocycles. The van der Waals surface area contributed by atoms with Crippen molar-refractivity contribution in [2.24, 2.45) is 0 Å². The van der Waals surface area contributed by atoms with Gasteiger partial charge in [0.15, 0.2) is 23.1 Å². The van der Waals surface area contributed by atoms with Gasteiger partial charge in [0.2, 0.25) is 5.91 Å². The van der Waals surface area contributed by atoms with Crippen molar-refractivity contribution in [2.75, 3.05) is 25.1 Å². The number of rotatable bonds is 7. The molecule has 0 saturated carbocycles. The molecule has 0 bridgehead atoms. The maximum absolute atomic E-state index is 13.1. The first-order chi connectivity index (χ1) is 16.1. The van der Waals surface area contributed by atoms with Gasteiger partial charge >= 0.3 is 12.2 Å². The summed E-state index contributed by atoms with van der Waals surface area (Å²) in [7, 11) is 1.57. The summed E-state index contributed by atoms with van der Waals surface area (Å²) in [4.78, 5) is 21.7. The average Bonchev–Trinajstić information content (AvgIpc) is 3.40. The number of benzene rings is 1. The molecule has 1 fully saturated rings. The van der Waals surface area contributed by atoms with E-state index in [0.717, 1.165) is 12.5 Å². The predicted molar refractivity (Wildman–Crippen MR) is 116 cm³/mol. The van der Waals surface area contributed by atoms with Crippen molar-refractivity contribution >= 4 is 22.9 Å². The van der Waals surface area contributed by atoms with Crippen molar-refractivity contribution in [3.8, 4) is 11.8 Å². The number of nitrogens with one attached hydrogen (secondary N) is 1. The predicted octanol–water partition coefficient (Wildman–Crippen LogP) is 2.32. The Morgan fingerprint density at radius 2 is 2.00 bits per heavy atom. The smallest absolute Gasteiger partial charge is 0.425 e. The number of amides is 1. The van der Waals surface area contributed by atoms with Gasteiger partial charge in [-0.2, -0.15) is 23.1 Å². The van der Waals surface area contributed by atoms with E-state index < -0.39 is 18.3 Å². The van der Waals surface area contributed by atoms with Gasteiger partial charge in [-0.3, -0.25) is 4.79 Å². The summed E-state index contributed by atoms with van der Waals surface area (Å²) in [6, 6.07) is 6.73. The summed E-state index contributed by atoms with van der Waals surface area (Å²) >= 11 is 0. The van der Waals surface area contributed by atoms with E-state index in [4.69, 9.17) is 9.47 Å². The van der Waals surface area contributed by atoms with Crippen LogP contribution in [0.3, 0.4) is 0 Å². The van der Waals surface area contributed by atoms with Crippen molar-refractivity contribution in [3.63, 3.8) is 0 Å². The lowest BCUT2D eigenvalue weighted by atomic mass is 10.2. The normalized spacial score (nSPS) is 17.1. The van der Waals surface area contributed by atoms with Gasteiger partial charge in [-0.25, -0.2) is 4.68 Å². The highest BCUT2D eigenvalue weighted by Crippen LogP contribution is 2.30. The van der Waals surface area contributed by atoms with Crippen LogP contribution in [0, 0.1) is 0 Å². The Balaban J connectivity index is 1.70. The Labute approximate surface area is 193 Å². The quantitative estimate of drug-likeness (QED) is 0.550. The number of carbonyl (C=O) groups is 1. The molecule has 10 nitrogen and oxygen atoms in total. The van der Waals surface area contributed by atoms with Crippen LogP contribution in [0.2, 0.25) is 0 Å². The van der Waals surface area contributed by atoms with Crippen molar-refractivity contribution in [1.82, 2.24) is 30.3 Å². The molecule has 1 aliphatic heterocycles. The molecule has 1 saturated heterocycles. The number of halogens is 3. The maximum atomic E-state index is 13.1. The molecule has 0 spiro atoms. The molecular formula is C21H24F3N7O3. The second-order valence-corrected chi connectivity index (χ2v) is 8.03. The summed E-state index contributed by atoms with van der Waals surface area (Å²) in [6.45, 7) is 3.55. The maximum Gasteiger partial charge on any atom is 0.425 e. The number of carbonyl (C=O) groups excluding carboxylic acids is 1. The highest BCUT2D eigenvalue weighted by Gasteiger charge is 2.39. The molecule has 1 aliphatic rings. The van der Waals surface area contributed by atoms with Gasteiger partial charge in [-0.15, -0.1) is 5.10 Å². The largest absolute Gasteiger partial charge is 0.497 e. The minimum absolute atomic E-state index is 0.115. The van der Waals surface area contributed by atoms with Gasteiger partial charge in [0, 0.05) is 26.1 Å². The third kappa shape index (κ3) is 5.13. The summed E-state index contributed by atoms with van der Waals surface area (Å²) in [5, 5.41) is 11.2. The molecule has 0 radical (unpaired) electrons. The number of ether oxygens (including phenoxy) is 2. The van der Waals surface area contributed by atoms with E-state index >= 15 is 0 Å². The first-order valence-electron chi connectivity index (χ1n) is 10.6. The number of anilines is 1. The highest BCUT2D eigenvalue weighted by atomic mass is 19.4. The lowest BCUT2D eigenvalue weighted by molar-refractivity contribution is -0.190. The molecular weight excluding hydrogens is 455 g/mol. The number of fused-ring (bicyclic) bond motifs is 1. The topological polar surface area (TPSA) is 107 Å². The van der Waals surface area contributed by atoms with E-state index in [9.17, 15) is 18.0 Å². The molecule has 0 aliphatic carbocycles. The molecule has 34 heavy (non-hydrogen) atoms. The van der Waals surface area contributed by atoms with Crippen molar-refractivity contribution in [2.45, 2.75) is 45.1 Å². The molecule has 3 aromatic rings. The lowest BCUT2D eigenvalue weighted by Crippen LogP contribution is -2.36. The SMILES string of the molecule is COc1ccc(Cn2nnc3c(N4CC[C@H](NC(C)=O)C4)nc(O[C@@H](C)C(F)(F)F)nc32)cc1. The van der Waals surface area contributed by atoms with E-state index in [1.807, 2.05) is 17.0 Å². The van der Waals surface area contributed by atoms with E-state index in [1.165, 1.54) is 11.6 Å². The lowest BCUT2D eigenvalue weighted by Gasteiger charge is -2.20. The zero-order chi connectivity index (χ0) is 24.5. The number of alkyl halides is 3. The minimum atomic E-state index is -4.58. The Hall–Kier alpha value is -3.64. The second-order valence-electron chi connectivity index (χ2n) is 8.03. The fraction of sp³-hybridized carbons (Fsp3) is 0.476. The summed E-state index contributed by atoms with van der Waals surface area (Å²) < 4.78 is 51.1. The van der Waals surface area contributed by atoms with Gasteiger partial charge in [-0.1, -0.05) is 17.3 Å². The van der Waals surface area contributed by atoms with Crippen LogP contribution in [-0.2, 0) is 11.3 Å². The van der Waals surface area contributed by atoms with E-state index in [1.54, 1.807) is 19.2 Å². The van der Waals surface area contributed by atoms with E-state index in [0.29, 0.717) is 36.6 Å². The van der Waals surface area contributed by atoms with Gasteiger partial charge in [-0.05, 0) is 31.0 Å². The third-order valence-electron chi connectivity index (χ3n) is 5.45. The fourth-order valence-electron chi connectivity index (χ4n) is 3.69. The number of hydrogen-bond donors (Lipinski definition) is 1. The van der Waals surface area contributed by atoms with Crippen molar-refractivity contribution < 1.29 is 27.4 Å². The summed E-state index contributed by atoms with van der Waals surface area (Å²) in [6.07, 6.45) is -6.03. The first kappa shape index (κ1) is 23.5. The molecule has 1 amide bonds. The third-order valence-corrected chi connectivity index (χ3v) is 5.45. The fourth-order valence-corrected chi connectivity index (χ4v) is 3.69. The van der Waals surface area contributed by atoms with Crippen molar-refractivity contribution in [1.29, 1.82) is 0 Å². The molecule has 1 N–H and O–H groups in total. The molecule has 182 valence electrons. The van der Waals surface area contributed by atoms with E-state index in [2.05, 4.69) is 25.6 Å². The summed E-state index contributed by atoms with van der Waals surface area (Å²) in [5.41, 5.74) is 1.45. The van der Waals surface area contributed by atoms with Crippen LogP contribution in [0.25, 0.3) is 11.2 Å². The van der Waals surface area contributed by atoms with Crippen LogP contribution in [0.5, 0.6) is 11.8 Å². The molecule has 0 unspecified atom stereocenters. The molecule has 1 aromatic carbocycles. The molecule has 2 atom stereocenters. The number of methoxy groups -OCH3 is 1. The molecule has 2 aromatic heterocycles. The Morgan fingerprint density at radius 1 is 1.26 bits per heavy atom. The average molecular weight is 479 g/mol.